The molecule has 2 aliphatic heterocycles. The van der Waals surface area contributed by atoms with Crippen molar-refractivity contribution in [3.63, 3.8) is 0 Å². The van der Waals surface area contributed by atoms with E-state index in [2.05, 4.69) is 19.9 Å². The number of halogens is 6. The summed E-state index contributed by atoms with van der Waals surface area (Å²) in [4.78, 5) is 47.4. The second-order valence-corrected chi connectivity index (χ2v) is 8.67. The zero-order valence-corrected chi connectivity index (χ0v) is 20.3. The van der Waals surface area contributed by atoms with E-state index in [1.807, 2.05) is 11.0 Å². The summed E-state index contributed by atoms with van der Waals surface area (Å²) in [5.41, 5.74) is 1.11. The Labute approximate surface area is 218 Å². The van der Waals surface area contributed by atoms with E-state index in [9.17, 15) is 31.1 Å². The van der Waals surface area contributed by atoms with Crippen molar-refractivity contribution < 1.29 is 50.9 Å². The Kier molecular flexibility index (Phi) is 10.6. The second-order valence-electron chi connectivity index (χ2n) is 8.67. The zero-order chi connectivity index (χ0) is 29.3. The Morgan fingerprint density at radius 3 is 1.56 bits per heavy atom. The summed E-state index contributed by atoms with van der Waals surface area (Å²) in [5.74, 6) is -4.55. The number of carbonyl (C=O) groups excluding carboxylic acids is 1. The van der Waals surface area contributed by atoms with Crippen molar-refractivity contribution in [2.24, 2.45) is 5.41 Å². The highest BCUT2D eigenvalue weighted by atomic mass is 19.4. The van der Waals surface area contributed by atoms with Gasteiger partial charge in [-0.1, -0.05) is 0 Å². The largest absolute Gasteiger partial charge is 0.490 e. The molecule has 0 aliphatic carbocycles. The molecule has 4 heterocycles. The molecule has 39 heavy (non-hydrogen) atoms. The summed E-state index contributed by atoms with van der Waals surface area (Å²) < 4.78 is 63.5. The third-order valence-corrected chi connectivity index (χ3v) is 6.18. The molecular formula is C23H25F6N5O5. The first-order chi connectivity index (χ1) is 18.1. The standard InChI is InChI=1S/C19H23N5O.2C2HF3O2/c25-17(16-2-10-20-11-3-16)23-12-4-19(5-13-23)6-14-24(15-7-19)18-21-8-1-9-22-18;2*3-2(4,5)1(6)7/h1-3,8-11H,4-7,12-15H2;2*(H,6,7). The molecule has 0 bridgehead atoms. The van der Waals surface area contributed by atoms with Crippen LogP contribution in [0.1, 0.15) is 36.0 Å². The van der Waals surface area contributed by atoms with Crippen LogP contribution in [-0.4, -0.2) is 86.4 Å². The van der Waals surface area contributed by atoms with Crippen molar-refractivity contribution in [3.05, 3.63) is 48.5 Å². The van der Waals surface area contributed by atoms with Gasteiger partial charge in [-0.05, 0) is 49.3 Å². The summed E-state index contributed by atoms with van der Waals surface area (Å²) in [6.07, 6.45) is 1.29. The maximum absolute atomic E-state index is 12.6. The smallest absolute Gasteiger partial charge is 0.475 e. The fraction of sp³-hybridized carbons (Fsp3) is 0.478. The van der Waals surface area contributed by atoms with Gasteiger partial charge in [0.05, 0.1) is 0 Å². The molecule has 2 fully saturated rings. The molecule has 0 saturated carbocycles. The maximum atomic E-state index is 12.6. The van der Waals surface area contributed by atoms with Gasteiger partial charge in [-0.3, -0.25) is 9.78 Å². The van der Waals surface area contributed by atoms with Gasteiger partial charge in [0.2, 0.25) is 5.95 Å². The molecule has 214 valence electrons. The highest BCUT2D eigenvalue weighted by molar-refractivity contribution is 5.94. The molecule has 0 radical (unpaired) electrons. The number of aromatic nitrogens is 3. The highest BCUT2D eigenvalue weighted by Crippen LogP contribution is 2.41. The molecule has 2 saturated heterocycles. The molecule has 1 spiro atoms. The number of hydrogen-bond acceptors (Lipinski definition) is 7. The molecule has 2 N–H and O–H groups in total. The van der Waals surface area contributed by atoms with Gasteiger partial charge in [0.25, 0.3) is 5.91 Å². The summed E-state index contributed by atoms with van der Waals surface area (Å²) in [6, 6.07) is 5.45. The number of pyridine rings is 1. The Hall–Kier alpha value is -3.98. The van der Waals surface area contributed by atoms with Gasteiger partial charge in [0, 0.05) is 56.5 Å². The highest BCUT2D eigenvalue weighted by Gasteiger charge is 2.40. The zero-order valence-electron chi connectivity index (χ0n) is 20.3. The molecule has 0 atom stereocenters. The summed E-state index contributed by atoms with van der Waals surface area (Å²) in [5, 5.41) is 14.2. The van der Waals surface area contributed by atoms with E-state index >= 15 is 0 Å². The summed E-state index contributed by atoms with van der Waals surface area (Å²) in [7, 11) is 0. The fourth-order valence-corrected chi connectivity index (χ4v) is 4.00. The predicted octanol–water partition coefficient (Wildman–Crippen LogP) is 3.66. The number of hydrogen-bond donors (Lipinski definition) is 2. The molecular weight excluding hydrogens is 540 g/mol. The van der Waals surface area contributed by atoms with Crippen molar-refractivity contribution in [2.45, 2.75) is 38.0 Å². The topological polar surface area (TPSA) is 137 Å². The third kappa shape index (κ3) is 9.68. The number of likely N-dealkylation sites (tertiary alicyclic amines) is 1. The second kappa shape index (κ2) is 13.2. The summed E-state index contributed by atoms with van der Waals surface area (Å²) >= 11 is 0. The minimum atomic E-state index is -5.08. The minimum absolute atomic E-state index is 0.132. The molecule has 10 nitrogen and oxygen atoms in total. The lowest BCUT2D eigenvalue weighted by Crippen LogP contribution is -2.48. The Bertz CT molecular complexity index is 1060. The molecule has 4 rings (SSSR count). The Morgan fingerprint density at radius 2 is 1.15 bits per heavy atom. The SMILES string of the molecule is O=C(O)C(F)(F)F.O=C(O)C(F)(F)F.O=C(c1ccncc1)N1CCC2(CC1)CCN(c1ncccn1)CC2. The van der Waals surface area contributed by atoms with Crippen LogP contribution in [0, 0.1) is 5.41 Å². The van der Waals surface area contributed by atoms with Crippen molar-refractivity contribution in [2.75, 3.05) is 31.1 Å². The first kappa shape index (κ1) is 31.2. The van der Waals surface area contributed by atoms with Crippen molar-refractivity contribution in [1.29, 1.82) is 0 Å². The van der Waals surface area contributed by atoms with Gasteiger partial charge >= 0.3 is 24.3 Å². The number of carboxylic acids is 2. The number of piperidine rings is 2. The van der Waals surface area contributed by atoms with Crippen LogP contribution in [0.5, 0.6) is 0 Å². The van der Waals surface area contributed by atoms with Crippen LogP contribution in [0.3, 0.4) is 0 Å². The van der Waals surface area contributed by atoms with E-state index in [0.29, 0.717) is 5.41 Å². The van der Waals surface area contributed by atoms with E-state index in [0.717, 1.165) is 63.4 Å². The van der Waals surface area contributed by atoms with Gasteiger partial charge in [0.1, 0.15) is 0 Å². The number of anilines is 1. The molecule has 2 aromatic rings. The first-order valence-corrected chi connectivity index (χ1v) is 11.5. The molecule has 2 aromatic heterocycles. The maximum Gasteiger partial charge on any atom is 0.490 e. The number of amides is 1. The fourth-order valence-electron chi connectivity index (χ4n) is 4.00. The lowest BCUT2D eigenvalue weighted by Gasteiger charge is -2.46. The van der Waals surface area contributed by atoms with Crippen LogP contribution in [0.4, 0.5) is 32.3 Å². The van der Waals surface area contributed by atoms with Gasteiger partial charge in [0.15, 0.2) is 0 Å². The number of aliphatic carboxylic acids is 2. The average Bonchev–Trinajstić information content (AvgIpc) is 2.90. The molecule has 16 heteroatoms. The van der Waals surface area contributed by atoms with Gasteiger partial charge in [-0.2, -0.15) is 26.3 Å². The van der Waals surface area contributed by atoms with E-state index < -0.39 is 24.3 Å². The average molecular weight is 565 g/mol. The van der Waals surface area contributed by atoms with Crippen LogP contribution in [-0.2, 0) is 9.59 Å². The number of carbonyl (C=O) groups is 3. The number of carboxylic acid groups (broad SMARTS) is 2. The van der Waals surface area contributed by atoms with Crippen LogP contribution >= 0.6 is 0 Å². The molecule has 2 aliphatic rings. The van der Waals surface area contributed by atoms with E-state index in [4.69, 9.17) is 19.8 Å². The van der Waals surface area contributed by atoms with E-state index in [-0.39, 0.29) is 5.91 Å². The van der Waals surface area contributed by atoms with Gasteiger partial charge in [-0.25, -0.2) is 19.6 Å². The van der Waals surface area contributed by atoms with Crippen LogP contribution in [0.25, 0.3) is 0 Å². The van der Waals surface area contributed by atoms with E-state index in [1.54, 1.807) is 36.9 Å². The van der Waals surface area contributed by atoms with Crippen molar-refractivity contribution in [1.82, 2.24) is 19.9 Å². The Balaban J connectivity index is 0.000000317. The minimum Gasteiger partial charge on any atom is -0.475 e. The molecule has 1 amide bonds. The van der Waals surface area contributed by atoms with Crippen LogP contribution < -0.4 is 4.90 Å². The van der Waals surface area contributed by atoms with Crippen molar-refractivity contribution >= 4 is 23.8 Å². The third-order valence-electron chi connectivity index (χ3n) is 6.18. The van der Waals surface area contributed by atoms with Crippen LogP contribution in [0.15, 0.2) is 43.0 Å². The van der Waals surface area contributed by atoms with Gasteiger partial charge in [-0.15, -0.1) is 0 Å². The molecule has 0 unspecified atom stereocenters. The molecule has 0 aromatic carbocycles. The monoisotopic (exact) mass is 565 g/mol. The number of rotatable bonds is 2. The van der Waals surface area contributed by atoms with Gasteiger partial charge < -0.3 is 20.0 Å². The van der Waals surface area contributed by atoms with Crippen LogP contribution in [0.2, 0.25) is 0 Å². The summed E-state index contributed by atoms with van der Waals surface area (Å²) in [6.45, 7) is 3.70. The normalized spacial score (nSPS) is 16.8. The quantitative estimate of drug-likeness (QED) is 0.523. The number of nitrogens with zero attached hydrogens (tertiary/aromatic N) is 5. The lowest BCUT2D eigenvalue weighted by atomic mass is 9.71. The van der Waals surface area contributed by atoms with E-state index in [1.165, 1.54) is 0 Å². The first-order valence-electron chi connectivity index (χ1n) is 11.5. The lowest BCUT2D eigenvalue weighted by molar-refractivity contribution is -0.193. The Morgan fingerprint density at radius 1 is 0.744 bits per heavy atom. The predicted molar refractivity (Wildman–Crippen MR) is 123 cm³/mol. The number of alkyl halides is 6. The van der Waals surface area contributed by atoms with Crippen molar-refractivity contribution in [3.8, 4) is 0 Å².